The van der Waals surface area contributed by atoms with Crippen LogP contribution in [0.1, 0.15) is 62.3 Å². The Morgan fingerprint density at radius 3 is 2.61 bits per heavy atom. The summed E-state index contributed by atoms with van der Waals surface area (Å²) in [6, 6.07) is 7.05. The van der Waals surface area contributed by atoms with Gasteiger partial charge in [-0.2, -0.15) is 5.10 Å². The van der Waals surface area contributed by atoms with Crippen LogP contribution in [0.4, 0.5) is 10.2 Å². The Labute approximate surface area is 207 Å². The molecule has 3 aromatic heterocycles. The topological polar surface area (TPSA) is 114 Å². The summed E-state index contributed by atoms with van der Waals surface area (Å²) in [6.07, 6.45) is 4.96. The fraction of sp³-hybridized carbons (Fsp3) is 0.346. The van der Waals surface area contributed by atoms with Gasteiger partial charge in [0.05, 0.1) is 23.8 Å². The summed E-state index contributed by atoms with van der Waals surface area (Å²) in [4.78, 5) is 27.0. The maximum atomic E-state index is 14.6. The molecule has 1 fully saturated rings. The highest BCUT2D eigenvalue weighted by molar-refractivity contribution is 5.98. The Balaban J connectivity index is 1.75. The van der Waals surface area contributed by atoms with Gasteiger partial charge in [0.2, 0.25) is 0 Å². The number of nitrogens with two attached hydrogens (primary N) is 1. The summed E-state index contributed by atoms with van der Waals surface area (Å²) in [5.41, 5.74) is 8.28. The number of methoxy groups -OCH3 is 1. The lowest BCUT2D eigenvalue weighted by Gasteiger charge is -2.22. The van der Waals surface area contributed by atoms with Crippen LogP contribution in [0.15, 0.2) is 41.5 Å². The number of aryl methyl sites for hydroxylation is 1. The highest BCUT2D eigenvalue weighted by Gasteiger charge is 2.34. The van der Waals surface area contributed by atoms with Gasteiger partial charge in [-0.3, -0.25) is 9.36 Å². The zero-order valence-electron chi connectivity index (χ0n) is 20.7. The molecule has 5 rings (SSSR count). The Morgan fingerprint density at radius 2 is 2.00 bits per heavy atom. The third kappa shape index (κ3) is 3.82. The van der Waals surface area contributed by atoms with Gasteiger partial charge in [-0.1, -0.05) is 13.0 Å². The molecular formula is C26H28FN7O2. The third-order valence-electron chi connectivity index (χ3n) is 6.59. The average molecular weight is 490 g/mol. The second-order valence-electron chi connectivity index (χ2n) is 8.88. The number of anilines is 1. The van der Waals surface area contributed by atoms with Gasteiger partial charge in [0, 0.05) is 11.6 Å². The van der Waals surface area contributed by atoms with Crippen molar-refractivity contribution in [3.63, 3.8) is 0 Å². The summed E-state index contributed by atoms with van der Waals surface area (Å²) in [7, 11) is 1.61. The molecule has 3 heterocycles. The lowest BCUT2D eigenvalue weighted by molar-refractivity contribution is 0.415. The summed E-state index contributed by atoms with van der Waals surface area (Å²) in [6.45, 7) is 5.23. The second kappa shape index (κ2) is 9.18. The van der Waals surface area contributed by atoms with E-state index < -0.39 is 11.9 Å². The van der Waals surface area contributed by atoms with Crippen molar-refractivity contribution in [2.75, 3.05) is 12.8 Å². The van der Waals surface area contributed by atoms with Crippen molar-refractivity contribution in [3.05, 3.63) is 64.1 Å². The van der Waals surface area contributed by atoms with Gasteiger partial charge in [-0.25, -0.2) is 24.0 Å². The second-order valence-corrected chi connectivity index (χ2v) is 8.88. The molecule has 2 N–H and O–H groups in total. The van der Waals surface area contributed by atoms with Crippen LogP contribution in [0.5, 0.6) is 5.75 Å². The van der Waals surface area contributed by atoms with Crippen LogP contribution >= 0.6 is 0 Å². The molecule has 0 saturated heterocycles. The van der Waals surface area contributed by atoms with E-state index in [4.69, 9.17) is 20.6 Å². The average Bonchev–Trinajstić information content (AvgIpc) is 3.64. The molecule has 0 spiro atoms. The van der Waals surface area contributed by atoms with Gasteiger partial charge < -0.3 is 10.5 Å². The van der Waals surface area contributed by atoms with Crippen molar-refractivity contribution in [2.45, 2.75) is 52.1 Å². The fourth-order valence-corrected chi connectivity index (χ4v) is 4.63. The zero-order valence-corrected chi connectivity index (χ0v) is 20.7. The molecule has 4 aromatic rings. The largest absolute Gasteiger partial charge is 0.497 e. The number of hydrogen-bond donors (Lipinski definition) is 1. The van der Waals surface area contributed by atoms with E-state index >= 15 is 0 Å². The Morgan fingerprint density at radius 1 is 1.28 bits per heavy atom. The van der Waals surface area contributed by atoms with Gasteiger partial charge in [-0.15, -0.1) is 0 Å². The minimum absolute atomic E-state index is 0.0128. The van der Waals surface area contributed by atoms with Gasteiger partial charge >= 0.3 is 0 Å². The predicted octanol–water partition coefficient (Wildman–Crippen LogP) is 4.61. The first-order valence-electron chi connectivity index (χ1n) is 12.0. The zero-order chi connectivity index (χ0) is 25.6. The minimum atomic E-state index is -0.564. The van der Waals surface area contributed by atoms with E-state index in [0.29, 0.717) is 40.5 Å². The Bertz CT molecular complexity index is 1530. The first-order chi connectivity index (χ1) is 17.4. The van der Waals surface area contributed by atoms with Crippen LogP contribution in [0.2, 0.25) is 0 Å². The van der Waals surface area contributed by atoms with E-state index in [1.165, 1.54) is 12.4 Å². The molecule has 0 aliphatic heterocycles. The van der Waals surface area contributed by atoms with Crippen LogP contribution < -0.4 is 16.0 Å². The van der Waals surface area contributed by atoms with Crippen molar-refractivity contribution >= 4 is 22.7 Å². The van der Waals surface area contributed by atoms with E-state index in [1.807, 2.05) is 31.2 Å². The summed E-state index contributed by atoms with van der Waals surface area (Å²) < 4.78 is 23.3. The number of rotatable bonds is 7. The highest BCUT2D eigenvalue weighted by atomic mass is 19.1. The maximum Gasteiger partial charge on any atom is 0.264 e. The Kier molecular flexibility index (Phi) is 6.03. The molecule has 36 heavy (non-hydrogen) atoms. The van der Waals surface area contributed by atoms with Crippen LogP contribution in [-0.4, -0.2) is 36.4 Å². The minimum Gasteiger partial charge on any atom is -0.497 e. The lowest BCUT2D eigenvalue weighted by Crippen LogP contribution is -2.31. The standard InChI is InChI=1S/C26H28FN7O2/c1-5-18(27)20-14(3)31-24(33(26(20)35)16-9-10-16)19(6-2)34-25-21(23(28)29-13-30-25)22(32-34)15-7-11-17(36-4)12-8-15/h5,7-8,11-13,16,19H,6,9-10H2,1-4H3,(H2,28,29,30)/b18-5+. The molecule has 10 heteroatoms. The molecule has 9 nitrogen and oxygen atoms in total. The normalized spacial score (nSPS) is 14.9. The fourth-order valence-electron chi connectivity index (χ4n) is 4.63. The summed E-state index contributed by atoms with van der Waals surface area (Å²) >= 11 is 0. The predicted molar refractivity (Wildman–Crippen MR) is 136 cm³/mol. The number of allylic oxidation sites excluding steroid dienone is 1. The van der Waals surface area contributed by atoms with Crippen molar-refractivity contribution in [1.82, 2.24) is 29.3 Å². The van der Waals surface area contributed by atoms with Crippen molar-refractivity contribution in [1.29, 1.82) is 0 Å². The van der Waals surface area contributed by atoms with Crippen LogP contribution in [0, 0.1) is 6.92 Å². The van der Waals surface area contributed by atoms with E-state index in [2.05, 4.69) is 9.97 Å². The summed E-state index contributed by atoms with van der Waals surface area (Å²) in [5, 5.41) is 5.55. The number of nitrogens with zero attached hydrogens (tertiary/aromatic N) is 6. The van der Waals surface area contributed by atoms with Crippen LogP contribution in [-0.2, 0) is 0 Å². The number of nitrogen functional groups attached to an aromatic ring is 1. The van der Waals surface area contributed by atoms with E-state index in [9.17, 15) is 9.18 Å². The van der Waals surface area contributed by atoms with Crippen molar-refractivity contribution in [3.8, 4) is 17.0 Å². The van der Waals surface area contributed by atoms with Gasteiger partial charge in [0.25, 0.3) is 5.56 Å². The number of halogens is 1. The number of ether oxygens (including phenoxy) is 1. The molecule has 1 unspecified atom stereocenters. The molecular weight excluding hydrogens is 461 g/mol. The van der Waals surface area contributed by atoms with Crippen molar-refractivity contribution in [2.24, 2.45) is 0 Å². The van der Waals surface area contributed by atoms with E-state index in [0.717, 1.165) is 24.2 Å². The molecule has 1 aromatic carbocycles. The van der Waals surface area contributed by atoms with Crippen LogP contribution in [0.3, 0.4) is 0 Å². The quantitative estimate of drug-likeness (QED) is 0.403. The number of hydrogen-bond acceptors (Lipinski definition) is 7. The van der Waals surface area contributed by atoms with Gasteiger partial charge in [0.1, 0.15) is 41.3 Å². The van der Waals surface area contributed by atoms with E-state index in [1.54, 1.807) is 30.2 Å². The SMILES string of the molecule is C/C=C(/F)c1c(C)nc(C(CC)n2nc(-c3ccc(OC)cc3)c3c(N)ncnc32)n(C2CC2)c1=O. The van der Waals surface area contributed by atoms with E-state index in [-0.39, 0.29) is 17.2 Å². The van der Waals surface area contributed by atoms with Gasteiger partial charge in [0.15, 0.2) is 5.65 Å². The number of fused-ring (bicyclic) bond motifs is 1. The highest BCUT2D eigenvalue weighted by Crippen LogP contribution is 2.39. The lowest BCUT2D eigenvalue weighted by atomic mass is 10.1. The molecule has 1 saturated carbocycles. The van der Waals surface area contributed by atoms with Crippen molar-refractivity contribution < 1.29 is 9.13 Å². The first kappa shape index (κ1) is 23.7. The molecule has 0 bridgehead atoms. The summed E-state index contributed by atoms with van der Waals surface area (Å²) in [5.74, 6) is 1.00. The molecule has 1 atom stereocenters. The third-order valence-corrected chi connectivity index (χ3v) is 6.59. The molecule has 1 aliphatic rings. The molecule has 1 aliphatic carbocycles. The monoisotopic (exact) mass is 489 g/mol. The maximum absolute atomic E-state index is 14.6. The first-order valence-corrected chi connectivity index (χ1v) is 12.0. The smallest absolute Gasteiger partial charge is 0.264 e. The van der Waals surface area contributed by atoms with Crippen LogP contribution in [0.25, 0.3) is 28.1 Å². The molecule has 0 amide bonds. The Hall–Kier alpha value is -4.08. The number of benzene rings is 1. The van der Waals surface area contributed by atoms with Gasteiger partial charge in [-0.05, 0) is 57.4 Å². The number of aromatic nitrogens is 6. The molecule has 0 radical (unpaired) electrons. The molecule has 186 valence electrons.